The number of aryl methyl sites for hydroxylation is 2. The molecule has 0 atom stereocenters. The molecule has 3 rings (SSSR count). The first kappa shape index (κ1) is 24.2. The number of esters is 1. The molecule has 32 heavy (non-hydrogen) atoms. The molecule has 0 spiro atoms. The van der Waals surface area contributed by atoms with Gasteiger partial charge in [0.05, 0.1) is 7.11 Å². The van der Waals surface area contributed by atoms with Crippen LogP contribution in [0.2, 0.25) is 0 Å². The van der Waals surface area contributed by atoms with Crippen molar-refractivity contribution in [1.82, 2.24) is 0 Å². The van der Waals surface area contributed by atoms with Gasteiger partial charge >= 0.3 is 5.97 Å². The van der Waals surface area contributed by atoms with E-state index in [1.807, 2.05) is 31.2 Å². The van der Waals surface area contributed by atoms with Gasteiger partial charge < -0.3 is 10.1 Å². The highest BCUT2D eigenvalue weighted by Crippen LogP contribution is 2.40. The average Bonchev–Trinajstić information content (AvgIpc) is 3.07. The minimum atomic E-state index is -0.458. The first-order chi connectivity index (χ1) is 15.1. The molecule has 2 aromatic carbocycles. The molecule has 4 nitrogen and oxygen atoms in total. The number of nitrogens with one attached hydrogen (secondary N) is 1. The number of hydrogen-bond acceptors (Lipinski definition) is 4. The van der Waals surface area contributed by atoms with Crippen LogP contribution < -0.4 is 5.32 Å². The molecule has 0 aliphatic rings. The third-order valence-electron chi connectivity index (χ3n) is 5.32. The molecule has 1 aromatic heterocycles. The molecular formula is C26H28BrNO3S. The quantitative estimate of drug-likeness (QED) is 0.356. The number of anilines is 1. The SMILES string of the molecule is COC(=O)c1c(NC(=O)CCc2ccc(C(C)(C)C)cc2)sc(C)c1-c1ccc(Br)cc1. The summed E-state index contributed by atoms with van der Waals surface area (Å²) in [6, 6.07) is 16.1. The number of ether oxygens (including phenoxy) is 1. The summed E-state index contributed by atoms with van der Waals surface area (Å²) < 4.78 is 5.99. The monoisotopic (exact) mass is 513 g/mol. The third-order valence-corrected chi connectivity index (χ3v) is 6.87. The fourth-order valence-corrected chi connectivity index (χ4v) is 4.86. The van der Waals surface area contributed by atoms with Crippen LogP contribution in [0.25, 0.3) is 11.1 Å². The highest BCUT2D eigenvalue weighted by Gasteiger charge is 2.25. The van der Waals surface area contributed by atoms with E-state index in [9.17, 15) is 9.59 Å². The Bertz CT molecular complexity index is 1110. The summed E-state index contributed by atoms with van der Waals surface area (Å²) >= 11 is 4.83. The van der Waals surface area contributed by atoms with Crippen LogP contribution in [0, 0.1) is 6.92 Å². The number of methoxy groups -OCH3 is 1. The molecule has 0 unspecified atom stereocenters. The molecule has 0 saturated carbocycles. The van der Waals surface area contributed by atoms with E-state index < -0.39 is 5.97 Å². The van der Waals surface area contributed by atoms with Crippen LogP contribution in [0.3, 0.4) is 0 Å². The Labute approximate surface area is 202 Å². The number of thiophene rings is 1. The van der Waals surface area contributed by atoms with E-state index in [4.69, 9.17) is 4.74 Å². The second-order valence-corrected chi connectivity index (χ2v) is 10.9. The number of halogens is 1. The summed E-state index contributed by atoms with van der Waals surface area (Å²) in [5, 5.41) is 3.47. The van der Waals surface area contributed by atoms with Crippen molar-refractivity contribution in [1.29, 1.82) is 0 Å². The fourth-order valence-electron chi connectivity index (χ4n) is 3.51. The molecule has 0 aliphatic heterocycles. The minimum Gasteiger partial charge on any atom is -0.465 e. The average molecular weight is 514 g/mol. The van der Waals surface area contributed by atoms with Crippen LogP contribution >= 0.6 is 27.3 Å². The van der Waals surface area contributed by atoms with Crippen molar-refractivity contribution in [3.05, 3.63) is 74.6 Å². The molecule has 1 heterocycles. The van der Waals surface area contributed by atoms with Crippen LogP contribution in [0.4, 0.5) is 5.00 Å². The van der Waals surface area contributed by atoms with Gasteiger partial charge in [0, 0.05) is 21.3 Å². The standard InChI is InChI=1S/C26H28BrNO3S/c1-16-22(18-9-13-20(27)14-10-18)23(25(30)31-5)24(32-16)28-21(29)15-8-17-6-11-19(12-7-17)26(2,3)4/h6-7,9-14H,8,15H2,1-5H3,(H,28,29). The van der Waals surface area contributed by atoms with Gasteiger partial charge in [-0.05, 0) is 47.6 Å². The third kappa shape index (κ3) is 5.67. The Balaban J connectivity index is 1.78. The van der Waals surface area contributed by atoms with Gasteiger partial charge in [-0.15, -0.1) is 11.3 Å². The van der Waals surface area contributed by atoms with Gasteiger partial charge in [0.15, 0.2) is 0 Å². The number of benzene rings is 2. The van der Waals surface area contributed by atoms with Crippen LogP contribution in [0.5, 0.6) is 0 Å². The van der Waals surface area contributed by atoms with Crippen molar-refractivity contribution in [3.8, 4) is 11.1 Å². The summed E-state index contributed by atoms with van der Waals surface area (Å²) in [7, 11) is 1.35. The van der Waals surface area contributed by atoms with Gasteiger partial charge in [0.2, 0.25) is 5.91 Å². The maximum absolute atomic E-state index is 12.7. The van der Waals surface area contributed by atoms with E-state index in [1.54, 1.807) is 0 Å². The first-order valence-corrected chi connectivity index (χ1v) is 12.1. The van der Waals surface area contributed by atoms with Gasteiger partial charge in [0.1, 0.15) is 10.6 Å². The molecule has 3 aromatic rings. The number of rotatable bonds is 6. The number of amides is 1. The van der Waals surface area contributed by atoms with Crippen molar-refractivity contribution >= 4 is 44.1 Å². The highest BCUT2D eigenvalue weighted by molar-refractivity contribution is 9.10. The summed E-state index contributed by atoms with van der Waals surface area (Å²) in [6.45, 7) is 8.49. The zero-order chi connectivity index (χ0) is 23.5. The van der Waals surface area contributed by atoms with E-state index >= 15 is 0 Å². The Morgan fingerprint density at radius 3 is 2.22 bits per heavy atom. The molecule has 6 heteroatoms. The number of hydrogen-bond donors (Lipinski definition) is 1. The maximum atomic E-state index is 12.7. The molecule has 1 N–H and O–H groups in total. The molecule has 0 radical (unpaired) electrons. The van der Waals surface area contributed by atoms with E-state index in [1.165, 1.54) is 24.0 Å². The zero-order valence-corrected chi connectivity index (χ0v) is 21.4. The zero-order valence-electron chi connectivity index (χ0n) is 19.0. The van der Waals surface area contributed by atoms with Gasteiger partial charge in [-0.3, -0.25) is 4.79 Å². The summed E-state index contributed by atoms with van der Waals surface area (Å²) in [4.78, 5) is 26.3. The van der Waals surface area contributed by atoms with Crippen molar-refractivity contribution in [2.45, 2.75) is 46.0 Å². The lowest BCUT2D eigenvalue weighted by atomic mass is 9.86. The van der Waals surface area contributed by atoms with E-state index in [0.717, 1.165) is 26.0 Å². The smallest absolute Gasteiger partial charge is 0.341 e. The Hall–Kier alpha value is -2.44. The second kappa shape index (κ2) is 10.0. The van der Waals surface area contributed by atoms with Gasteiger partial charge in [-0.2, -0.15) is 0 Å². The largest absolute Gasteiger partial charge is 0.465 e. The summed E-state index contributed by atoms with van der Waals surface area (Å²) in [5.74, 6) is -0.584. The lowest BCUT2D eigenvalue weighted by Gasteiger charge is -2.19. The van der Waals surface area contributed by atoms with Crippen molar-refractivity contribution in [3.63, 3.8) is 0 Å². The topological polar surface area (TPSA) is 55.4 Å². The van der Waals surface area contributed by atoms with Crippen molar-refractivity contribution in [2.24, 2.45) is 0 Å². The lowest BCUT2D eigenvalue weighted by molar-refractivity contribution is -0.116. The molecule has 0 aliphatic carbocycles. The van der Waals surface area contributed by atoms with E-state index in [0.29, 0.717) is 23.4 Å². The molecule has 0 bridgehead atoms. The van der Waals surface area contributed by atoms with Crippen LogP contribution in [0.15, 0.2) is 53.0 Å². The second-order valence-electron chi connectivity index (χ2n) is 8.73. The highest BCUT2D eigenvalue weighted by atomic mass is 79.9. The van der Waals surface area contributed by atoms with E-state index in [-0.39, 0.29) is 11.3 Å². The molecule has 0 saturated heterocycles. The lowest BCUT2D eigenvalue weighted by Crippen LogP contribution is -2.15. The van der Waals surface area contributed by atoms with Gasteiger partial charge in [-0.1, -0.05) is 73.1 Å². The van der Waals surface area contributed by atoms with Crippen LogP contribution in [-0.4, -0.2) is 19.0 Å². The Morgan fingerprint density at radius 2 is 1.66 bits per heavy atom. The molecular weight excluding hydrogens is 486 g/mol. The predicted molar refractivity (Wildman–Crippen MR) is 136 cm³/mol. The minimum absolute atomic E-state index is 0.101. The van der Waals surface area contributed by atoms with E-state index in [2.05, 4.69) is 66.3 Å². The Kier molecular flexibility index (Phi) is 7.57. The molecule has 168 valence electrons. The number of carbonyl (C=O) groups is 2. The first-order valence-electron chi connectivity index (χ1n) is 10.5. The van der Waals surface area contributed by atoms with Gasteiger partial charge in [0.25, 0.3) is 0 Å². The molecule has 0 fully saturated rings. The van der Waals surface area contributed by atoms with Crippen molar-refractivity contribution in [2.75, 3.05) is 12.4 Å². The molecule has 1 amide bonds. The van der Waals surface area contributed by atoms with Crippen LogP contribution in [-0.2, 0) is 21.4 Å². The summed E-state index contributed by atoms with van der Waals surface area (Å²) in [6.07, 6.45) is 0.966. The van der Waals surface area contributed by atoms with Crippen molar-refractivity contribution < 1.29 is 14.3 Å². The normalized spacial score (nSPS) is 11.3. The fraction of sp³-hybridized carbons (Fsp3) is 0.308. The van der Waals surface area contributed by atoms with Gasteiger partial charge in [-0.25, -0.2) is 4.79 Å². The predicted octanol–water partition coefficient (Wildman–Crippen LogP) is 7.14. The summed E-state index contributed by atoms with van der Waals surface area (Å²) in [5.41, 5.74) is 4.58. The Morgan fingerprint density at radius 1 is 1.03 bits per heavy atom. The number of carbonyl (C=O) groups excluding carboxylic acids is 2. The maximum Gasteiger partial charge on any atom is 0.341 e. The van der Waals surface area contributed by atoms with Crippen LogP contribution in [0.1, 0.15) is 53.6 Å².